The Morgan fingerprint density at radius 1 is 1.33 bits per heavy atom. The van der Waals surface area contributed by atoms with Crippen LogP contribution in [-0.4, -0.2) is 27.7 Å². The molecule has 2 rings (SSSR count). The fourth-order valence-electron chi connectivity index (χ4n) is 2.15. The molecule has 1 aliphatic heterocycles. The lowest BCUT2D eigenvalue weighted by Gasteiger charge is -2.04. The predicted octanol–water partition coefficient (Wildman–Crippen LogP) is 2.79. The molecule has 96 valence electrons. The Bertz CT molecular complexity index is 558. The fourth-order valence-corrected chi connectivity index (χ4v) is 2.97. The van der Waals surface area contributed by atoms with E-state index in [1.165, 1.54) is 7.05 Å². The number of aryl methyl sites for hydroxylation is 1. The third kappa shape index (κ3) is 1.99. The van der Waals surface area contributed by atoms with E-state index in [2.05, 4.69) is 11.5 Å². The first-order valence-corrected chi connectivity index (χ1v) is 6.65. The highest BCUT2D eigenvalue weighted by Crippen LogP contribution is 2.32. The normalized spacial score (nSPS) is 18.2. The quantitative estimate of drug-likeness (QED) is 0.771. The molecule has 0 unspecified atom stereocenters. The van der Waals surface area contributed by atoms with Crippen LogP contribution in [0.25, 0.3) is 6.08 Å². The van der Waals surface area contributed by atoms with Gasteiger partial charge < -0.3 is 4.57 Å². The summed E-state index contributed by atoms with van der Waals surface area (Å²) in [7, 11) is 1.51. The molecule has 0 saturated carbocycles. The Morgan fingerprint density at radius 2 is 2.00 bits per heavy atom. The summed E-state index contributed by atoms with van der Waals surface area (Å²) < 4.78 is 2.18. The van der Waals surface area contributed by atoms with Crippen molar-refractivity contribution in [2.45, 2.75) is 27.3 Å². The number of hydrogen-bond acceptors (Lipinski definition) is 3. The van der Waals surface area contributed by atoms with Gasteiger partial charge >= 0.3 is 0 Å². The molecule has 0 spiro atoms. The van der Waals surface area contributed by atoms with Crippen molar-refractivity contribution in [1.29, 1.82) is 0 Å². The number of aromatic nitrogens is 1. The summed E-state index contributed by atoms with van der Waals surface area (Å²) in [4.78, 5) is 24.9. The second-order valence-corrected chi connectivity index (χ2v) is 5.30. The van der Waals surface area contributed by atoms with E-state index in [4.69, 9.17) is 0 Å². The molecule has 0 radical (unpaired) electrons. The topological polar surface area (TPSA) is 42.3 Å². The van der Waals surface area contributed by atoms with Crippen LogP contribution in [0, 0.1) is 13.8 Å². The van der Waals surface area contributed by atoms with Gasteiger partial charge in [-0.25, -0.2) is 0 Å². The number of carbonyl (C=O) groups excluding carboxylic acids is 2. The third-order valence-corrected chi connectivity index (χ3v) is 4.16. The summed E-state index contributed by atoms with van der Waals surface area (Å²) >= 11 is 0.997. The van der Waals surface area contributed by atoms with E-state index in [9.17, 15) is 9.59 Å². The number of nitrogens with zero attached hydrogens (tertiary/aromatic N) is 2. The minimum Gasteiger partial charge on any atom is -0.349 e. The predicted molar refractivity (Wildman–Crippen MR) is 73.3 cm³/mol. The van der Waals surface area contributed by atoms with Gasteiger partial charge in [-0.1, -0.05) is 0 Å². The molecule has 0 aromatic carbocycles. The van der Waals surface area contributed by atoms with Gasteiger partial charge in [-0.2, -0.15) is 0 Å². The summed E-state index contributed by atoms with van der Waals surface area (Å²) in [6, 6.07) is 2.04. The lowest BCUT2D eigenvalue weighted by molar-refractivity contribution is -0.121. The fraction of sp³-hybridized carbons (Fsp3) is 0.385. The zero-order valence-corrected chi connectivity index (χ0v) is 11.8. The molecule has 4 nitrogen and oxygen atoms in total. The lowest BCUT2D eigenvalue weighted by Crippen LogP contribution is -2.22. The van der Waals surface area contributed by atoms with Crippen molar-refractivity contribution in [2.75, 3.05) is 7.05 Å². The van der Waals surface area contributed by atoms with Gasteiger partial charge in [0, 0.05) is 25.0 Å². The van der Waals surface area contributed by atoms with Crippen molar-refractivity contribution in [3.8, 4) is 0 Å². The minimum atomic E-state index is -0.216. The van der Waals surface area contributed by atoms with Crippen LogP contribution in [0.1, 0.15) is 23.9 Å². The van der Waals surface area contributed by atoms with E-state index in [1.54, 1.807) is 0 Å². The molecule has 0 aliphatic carbocycles. The van der Waals surface area contributed by atoms with Crippen LogP contribution in [0.4, 0.5) is 4.79 Å². The summed E-state index contributed by atoms with van der Waals surface area (Å²) in [6.45, 7) is 7.06. The number of rotatable bonds is 2. The average Bonchev–Trinajstić information content (AvgIpc) is 2.72. The Morgan fingerprint density at radius 3 is 2.44 bits per heavy atom. The van der Waals surface area contributed by atoms with E-state index in [1.807, 2.05) is 26.0 Å². The molecule has 0 N–H and O–H groups in total. The molecule has 0 atom stereocenters. The second kappa shape index (κ2) is 4.65. The Balaban J connectivity index is 2.40. The van der Waals surface area contributed by atoms with Crippen LogP contribution in [0.15, 0.2) is 11.0 Å². The first kappa shape index (κ1) is 13.0. The third-order valence-electron chi connectivity index (χ3n) is 3.20. The van der Waals surface area contributed by atoms with Gasteiger partial charge in [-0.3, -0.25) is 14.5 Å². The zero-order chi connectivity index (χ0) is 13.4. The van der Waals surface area contributed by atoms with E-state index in [-0.39, 0.29) is 11.1 Å². The Kier molecular flexibility index (Phi) is 3.34. The molecular weight excluding hydrogens is 248 g/mol. The van der Waals surface area contributed by atoms with Crippen molar-refractivity contribution in [3.63, 3.8) is 0 Å². The molecule has 1 aromatic heterocycles. The van der Waals surface area contributed by atoms with Crippen LogP contribution in [0.5, 0.6) is 0 Å². The van der Waals surface area contributed by atoms with Crippen LogP contribution >= 0.6 is 11.8 Å². The minimum absolute atomic E-state index is 0.212. The second-order valence-electron chi connectivity index (χ2n) is 4.31. The van der Waals surface area contributed by atoms with Gasteiger partial charge in [0.05, 0.1) is 4.91 Å². The maximum Gasteiger partial charge on any atom is 0.293 e. The first-order valence-electron chi connectivity index (χ1n) is 5.84. The molecule has 2 heterocycles. The van der Waals surface area contributed by atoms with Crippen LogP contribution in [0.3, 0.4) is 0 Å². The van der Waals surface area contributed by atoms with Gasteiger partial charge in [-0.15, -0.1) is 0 Å². The van der Waals surface area contributed by atoms with Crippen LogP contribution in [0.2, 0.25) is 0 Å². The summed E-state index contributed by atoms with van der Waals surface area (Å²) in [5, 5.41) is -0.212. The van der Waals surface area contributed by atoms with Crippen molar-refractivity contribution in [3.05, 3.63) is 27.9 Å². The monoisotopic (exact) mass is 264 g/mol. The van der Waals surface area contributed by atoms with Gasteiger partial charge in [0.1, 0.15) is 0 Å². The van der Waals surface area contributed by atoms with Crippen LogP contribution < -0.4 is 0 Å². The number of hydrogen-bond donors (Lipinski definition) is 0. The highest BCUT2D eigenvalue weighted by atomic mass is 32.2. The number of carbonyl (C=O) groups is 2. The maximum absolute atomic E-state index is 11.8. The molecule has 18 heavy (non-hydrogen) atoms. The summed E-state index contributed by atoms with van der Waals surface area (Å²) in [5.74, 6) is -0.216. The van der Waals surface area contributed by atoms with Gasteiger partial charge in [0.2, 0.25) is 0 Å². The SMILES string of the molecule is CCn1c(C)cc(/C=C2/SC(=O)N(C)C2=O)c1C. The smallest absolute Gasteiger partial charge is 0.293 e. The number of imide groups is 1. The molecule has 0 bridgehead atoms. The van der Waals surface area contributed by atoms with Gasteiger partial charge in [0.25, 0.3) is 11.1 Å². The van der Waals surface area contributed by atoms with Crippen molar-refractivity contribution >= 4 is 29.0 Å². The van der Waals surface area contributed by atoms with Crippen molar-refractivity contribution in [2.24, 2.45) is 0 Å². The van der Waals surface area contributed by atoms with E-state index in [0.717, 1.165) is 40.2 Å². The molecule has 1 fully saturated rings. The number of thioether (sulfide) groups is 1. The lowest BCUT2D eigenvalue weighted by atomic mass is 10.2. The maximum atomic E-state index is 11.8. The highest BCUT2D eigenvalue weighted by Gasteiger charge is 2.32. The Hall–Kier alpha value is -1.49. The Labute approximate surface area is 111 Å². The summed E-state index contributed by atoms with van der Waals surface area (Å²) in [6.07, 6.45) is 1.81. The molecule has 1 aliphatic rings. The van der Waals surface area contributed by atoms with Crippen molar-refractivity contribution in [1.82, 2.24) is 9.47 Å². The van der Waals surface area contributed by atoms with Crippen LogP contribution in [-0.2, 0) is 11.3 Å². The highest BCUT2D eigenvalue weighted by molar-refractivity contribution is 8.18. The molecule has 1 aromatic rings. The average molecular weight is 264 g/mol. The number of amides is 2. The molecule has 2 amide bonds. The van der Waals surface area contributed by atoms with E-state index < -0.39 is 0 Å². The van der Waals surface area contributed by atoms with Gasteiger partial charge in [0.15, 0.2) is 0 Å². The van der Waals surface area contributed by atoms with E-state index in [0.29, 0.717) is 4.91 Å². The molecule has 5 heteroatoms. The largest absolute Gasteiger partial charge is 0.349 e. The van der Waals surface area contributed by atoms with Crippen molar-refractivity contribution < 1.29 is 9.59 Å². The standard InChI is InChI=1S/C13H16N2O2S/c1-5-15-8(2)6-10(9(15)3)7-11-12(16)14(4)13(17)18-11/h6-7H,5H2,1-4H3/b11-7+. The zero-order valence-electron chi connectivity index (χ0n) is 11.0. The van der Waals surface area contributed by atoms with E-state index >= 15 is 0 Å². The molecule has 1 saturated heterocycles. The summed E-state index contributed by atoms with van der Waals surface area (Å²) in [5.41, 5.74) is 3.29. The number of likely N-dealkylation sites (N-methyl/N-ethyl adjacent to an activating group) is 1. The molecular formula is C13H16N2O2S. The first-order chi connectivity index (χ1) is 8.45. The van der Waals surface area contributed by atoms with Gasteiger partial charge in [-0.05, 0) is 50.2 Å².